The maximum Gasteiger partial charge on any atom is 0.136 e. The molecule has 0 bridgehead atoms. The fourth-order valence-corrected chi connectivity index (χ4v) is 3.77. The van der Waals surface area contributed by atoms with Crippen LogP contribution in [0.25, 0.3) is 0 Å². The quantitative estimate of drug-likeness (QED) is 0.715. The van der Waals surface area contributed by atoms with Crippen molar-refractivity contribution in [3.8, 4) is 0 Å². The van der Waals surface area contributed by atoms with E-state index in [4.69, 9.17) is 4.74 Å². The Labute approximate surface area is 111 Å². The van der Waals surface area contributed by atoms with Crippen LogP contribution in [0.3, 0.4) is 0 Å². The van der Waals surface area contributed by atoms with Crippen molar-refractivity contribution in [2.45, 2.75) is 71.3 Å². The summed E-state index contributed by atoms with van der Waals surface area (Å²) in [5.41, 5.74) is 0. The molecule has 2 unspecified atom stereocenters. The summed E-state index contributed by atoms with van der Waals surface area (Å²) in [5, 5.41) is 0. The molecule has 0 aromatic heterocycles. The van der Waals surface area contributed by atoms with Gasteiger partial charge in [0.25, 0.3) is 0 Å². The van der Waals surface area contributed by atoms with E-state index in [1.54, 1.807) is 0 Å². The normalized spacial score (nSPS) is 36.1. The van der Waals surface area contributed by atoms with Crippen molar-refractivity contribution < 1.29 is 9.53 Å². The van der Waals surface area contributed by atoms with Crippen LogP contribution in [0.1, 0.15) is 65.2 Å². The van der Waals surface area contributed by atoms with Crippen molar-refractivity contribution in [3.63, 3.8) is 0 Å². The Morgan fingerprint density at radius 2 is 1.89 bits per heavy atom. The van der Waals surface area contributed by atoms with Crippen molar-refractivity contribution >= 4 is 5.78 Å². The minimum atomic E-state index is 0.384. The lowest BCUT2D eigenvalue weighted by Crippen LogP contribution is -2.35. The molecule has 2 nitrogen and oxygen atoms in total. The number of ether oxygens (including phenoxy) is 1. The molecule has 0 aromatic carbocycles. The van der Waals surface area contributed by atoms with Crippen LogP contribution in [0.4, 0.5) is 0 Å². The second kappa shape index (κ2) is 6.70. The summed E-state index contributed by atoms with van der Waals surface area (Å²) in [5.74, 6) is 2.24. The highest BCUT2D eigenvalue weighted by molar-refractivity contribution is 5.81. The monoisotopic (exact) mass is 252 g/mol. The molecular weight excluding hydrogens is 224 g/mol. The first kappa shape index (κ1) is 14.0. The van der Waals surface area contributed by atoms with Crippen LogP contribution < -0.4 is 0 Å². The molecule has 2 fully saturated rings. The van der Waals surface area contributed by atoms with Crippen LogP contribution in [-0.2, 0) is 9.53 Å². The first-order chi connectivity index (χ1) is 8.74. The van der Waals surface area contributed by atoms with Gasteiger partial charge in [-0.1, -0.05) is 26.2 Å². The predicted octanol–water partition coefficient (Wildman–Crippen LogP) is 3.98. The third kappa shape index (κ3) is 3.34. The van der Waals surface area contributed by atoms with Gasteiger partial charge in [0, 0.05) is 18.9 Å². The molecule has 2 atom stereocenters. The zero-order chi connectivity index (χ0) is 13.0. The van der Waals surface area contributed by atoms with Crippen molar-refractivity contribution in [2.24, 2.45) is 17.8 Å². The topological polar surface area (TPSA) is 26.3 Å². The molecule has 2 aliphatic carbocycles. The van der Waals surface area contributed by atoms with E-state index in [2.05, 4.69) is 6.92 Å². The highest BCUT2D eigenvalue weighted by Gasteiger charge is 2.35. The predicted molar refractivity (Wildman–Crippen MR) is 73.5 cm³/mol. The standard InChI is InChI=1S/C16H28O2/c1-3-13-7-5-6-8-15(13)16(17)11-12-9-14(10-12)18-4-2/h12-15H,3-11H2,1-2H3. The average Bonchev–Trinajstić information content (AvgIpc) is 2.36. The largest absolute Gasteiger partial charge is 0.378 e. The molecule has 0 saturated heterocycles. The van der Waals surface area contributed by atoms with E-state index >= 15 is 0 Å². The first-order valence-electron chi connectivity index (χ1n) is 7.88. The highest BCUT2D eigenvalue weighted by Crippen LogP contribution is 2.38. The third-order valence-electron chi connectivity index (χ3n) is 4.93. The maximum atomic E-state index is 12.4. The van der Waals surface area contributed by atoms with E-state index in [0.29, 0.717) is 29.6 Å². The minimum Gasteiger partial charge on any atom is -0.378 e. The van der Waals surface area contributed by atoms with E-state index in [9.17, 15) is 4.79 Å². The number of carbonyl (C=O) groups excluding carboxylic acids is 1. The number of hydrogen-bond donors (Lipinski definition) is 0. The van der Waals surface area contributed by atoms with Gasteiger partial charge in [0.05, 0.1) is 6.10 Å². The maximum absolute atomic E-state index is 12.4. The van der Waals surface area contributed by atoms with Crippen LogP contribution in [0.2, 0.25) is 0 Å². The number of rotatable bonds is 6. The molecule has 2 aliphatic rings. The fourth-order valence-electron chi connectivity index (χ4n) is 3.77. The number of Topliss-reactive ketones (excluding diaryl/α,β-unsaturated/α-hetero) is 1. The lowest BCUT2D eigenvalue weighted by Gasteiger charge is -2.36. The van der Waals surface area contributed by atoms with Crippen LogP contribution >= 0.6 is 0 Å². The van der Waals surface area contributed by atoms with Gasteiger partial charge in [0.1, 0.15) is 5.78 Å². The van der Waals surface area contributed by atoms with Crippen LogP contribution in [0.15, 0.2) is 0 Å². The molecule has 2 rings (SSSR count). The fraction of sp³-hybridized carbons (Fsp3) is 0.938. The van der Waals surface area contributed by atoms with E-state index in [-0.39, 0.29) is 0 Å². The molecule has 0 heterocycles. The minimum absolute atomic E-state index is 0.384. The van der Waals surface area contributed by atoms with Gasteiger partial charge in [0.15, 0.2) is 0 Å². The van der Waals surface area contributed by atoms with Gasteiger partial charge in [-0.15, -0.1) is 0 Å². The molecule has 2 heteroatoms. The first-order valence-corrected chi connectivity index (χ1v) is 7.88. The molecule has 2 saturated carbocycles. The van der Waals surface area contributed by atoms with E-state index in [1.165, 1.54) is 25.7 Å². The Morgan fingerprint density at radius 3 is 2.56 bits per heavy atom. The Balaban J connectivity index is 1.74. The molecule has 0 aliphatic heterocycles. The van der Waals surface area contributed by atoms with Gasteiger partial charge >= 0.3 is 0 Å². The summed E-state index contributed by atoms with van der Waals surface area (Å²) >= 11 is 0. The van der Waals surface area contributed by atoms with E-state index in [1.807, 2.05) is 6.92 Å². The lowest BCUT2D eigenvalue weighted by atomic mass is 9.71. The number of ketones is 1. The molecule has 0 spiro atoms. The summed E-state index contributed by atoms with van der Waals surface area (Å²) in [6.45, 7) is 5.10. The van der Waals surface area contributed by atoms with Crippen LogP contribution in [0.5, 0.6) is 0 Å². The third-order valence-corrected chi connectivity index (χ3v) is 4.93. The number of hydrogen-bond acceptors (Lipinski definition) is 2. The smallest absolute Gasteiger partial charge is 0.136 e. The van der Waals surface area contributed by atoms with Gasteiger partial charge in [-0.25, -0.2) is 0 Å². The Hall–Kier alpha value is -0.370. The van der Waals surface area contributed by atoms with Crippen molar-refractivity contribution in [2.75, 3.05) is 6.61 Å². The second-order valence-corrected chi connectivity index (χ2v) is 6.14. The molecule has 0 aromatic rings. The molecule has 0 amide bonds. The van der Waals surface area contributed by atoms with E-state index < -0.39 is 0 Å². The van der Waals surface area contributed by atoms with Gasteiger partial charge < -0.3 is 4.74 Å². The zero-order valence-electron chi connectivity index (χ0n) is 12.0. The van der Waals surface area contributed by atoms with Gasteiger partial charge in [-0.3, -0.25) is 4.79 Å². The molecule has 0 N–H and O–H groups in total. The van der Waals surface area contributed by atoms with Gasteiger partial charge in [0.2, 0.25) is 0 Å². The highest BCUT2D eigenvalue weighted by atomic mass is 16.5. The summed E-state index contributed by atoms with van der Waals surface area (Å²) in [7, 11) is 0. The summed E-state index contributed by atoms with van der Waals surface area (Å²) < 4.78 is 5.57. The van der Waals surface area contributed by atoms with Crippen molar-refractivity contribution in [3.05, 3.63) is 0 Å². The Kier molecular flexibility index (Phi) is 5.23. The van der Waals surface area contributed by atoms with Gasteiger partial charge in [-0.2, -0.15) is 0 Å². The van der Waals surface area contributed by atoms with Crippen LogP contribution in [0, 0.1) is 17.8 Å². The lowest BCUT2D eigenvalue weighted by molar-refractivity contribution is -0.128. The molecule has 104 valence electrons. The summed E-state index contributed by atoms with van der Waals surface area (Å²) in [6, 6.07) is 0. The molecule has 18 heavy (non-hydrogen) atoms. The SMILES string of the molecule is CCOC1CC(CC(=O)C2CCCCC2CC)C1. The summed E-state index contributed by atoms with van der Waals surface area (Å²) in [6.07, 6.45) is 9.70. The van der Waals surface area contributed by atoms with Gasteiger partial charge in [-0.05, 0) is 44.4 Å². The Bertz CT molecular complexity index is 268. The molecule has 0 radical (unpaired) electrons. The Morgan fingerprint density at radius 1 is 1.17 bits per heavy atom. The van der Waals surface area contributed by atoms with Crippen LogP contribution in [-0.4, -0.2) is 18.5 Å². The zero-order valence-corrected chi connectivity index (χ0v) is 12.0. The van der Waals surface area contributed by atoms with Crippen molar-refractivity contribution in [1.29, 1.82) is 0 Å². The molecular formula is C16H28O2. The summed E-state index contributed by atoms with van der Waals surface area (Å²) in [4.78, 5) is 12.4. The average molecular weight is 252 g/mol. The number of carbonyl (C=O) groups is 1. The van der Waals surface area contributed by atoms with Crippen molar-refractivity contribution in [1.82, 2.24) is 0 Å². The second-order valence-electron chi connectivity index (χ2n) is 6.14. The van der Waals surface area contributed by atoms with E-state index in [0.717, 1.165) is 32.3 Å².